The van der Waals surface area contributed by atoms with Gasteiger partial charge < -0.3 is 19.9 Å². The van der Waals surface area contributed by atoms with Gasteiger partial charge in [-0.3, -0.25) is 9.59 Å². The van der Waals surface area contributed by atoms with E-state index in [1.54, 1.807) is 0 Å². The molecule has 0 unspecified atom stereocenters. The number of carbonyl (C=O) groups excluding carboxylic acids is 1. The van der Waals surface area contributed by atoms with Crippen LogP contribution in [0.25, 0.3) is 0 Å². The van der Waals surface area contributed by atoms with E-state index >= 15 is 0 Å². The standard InChI is InChI=1S/C18H23NO5/c20-15(19-13-17(6-7-17)16(21)22)18(8-10-23-11-9-18)24-12-14-4-2-1-3-5-14/h1-5H,6-13H2,(H,19,20)(H,21,22). The van der Waals surface area contributed by atoms with Crippen molar-refractivity contribution in [2.45, 2.75) is 37.9 Å². The number of ether oxygens (including phenoxy) is 2. The highest BCUT2D eigenvalue weighted by Crippen LogP contribution is 2.45. The average molecular weight is 333 g/mol. The van der Waals surface area contributed by atoms with Crippen molar-refractivity contribution in [3.8, 4) is 0 Å². The van der Waals surface area contributed by atoms with Gasteiger partial charge in [0.15, 0.2) is 5.60 Å². The number of rotatable bonds is 7. The molecule has 2 fully saturated rings. The molecule has 1 aromatic carbocycles. The Balaban J connectivity index is 1.63. The first-order chi connectivity index (χ1) is 11.6. The minimum Gasteiger partial charge on any atom is -0.481 e. The molecule has 2 aliphatic rings. The molecule has 0 aromatic heterocycles. The lowest BCUT2D eigenvalue weighted by atomic mass is 9.92. The summed E-state index contributed by atoms with van der Waals surface area (Å²) in [5.74, 6) is -1.07. The van der Waals surface area contributed by atoms with Crippen molar-refractivity contribution in [1.82, 2.24) is 5.32 Å². The molecular formula is C18H23NO5. The van der Waals surface area contributed by atoms with Crippen LogP contribution in [0.3, 0.4) is 0 Å². The summed E-state index contributed by atoms with van der Waals surface area (Å²) in [6.07, 6.45) is 2.19. The Labute approximate surface area is 141 Å². The van der Waals surface area contributed by atoms with Crippen molar-refractivity contribution in [3.63, 3.8) is 0 Å². The Morgan fingerprint density at radius 1 is 1.12 bits per heavy atom. The van der Waals surface area contributed by atoms with Gasteiger partial charge in [-0.05, 0) is 18.4 Å². The molecule has 3 rings (SSSR count). The molecule has 1 saturated carbocycles. The molecule has 2 N–H and O–H groups in total. The smallest absolute Gasteiger partial charge is 0.311 e. The molecule has 1 amide bonds. The normalized spacial score (nSPS) is 21.0. The second kappa shape index (κ2) is 6.91. The first-order valence-corrected chi connectivity index (χ1v) is 8.34. The summed E-state index contributed by atoms with van der Waals surface area (Å²) in [7, 11) is 0. The largest absolute Gasteiger partial charge is 0.481 e. The molecular weight excluding hydrogens is 310 g/mol. The fourth-order valence-corrected chi connectivity index (χ4v) is 2.96. The van der Waals surface area contributed by atoms with Crippen LogP contribution in [0.5, 0.6) is 0 Å². The van der Waals surface area contributed by atoms with Crippen LogP contribution in [0, 0.1) is 5.41 Å². The van der Waals surface area contributed by atoms with Crippen LogP contribution in [0.4, 0.5) is 0 Å². The van der Waals surface area contributed by atoms with E-state index in [4.69, 9.17) is 9.47 Å². The zero-order valence-electron chi connectivity index (χ0n) is 13.6. The van der Waals surface area contributed by atoms with Gasteiger partial charge in [-0.15, -0.1) is 0 Å². The molecule has 1 aliphatic carbocycles. The molecule has 1 saturated heterocycles. The van der Waals surface area contributed by atoms with Crippen LogP contribution >= 0.6 is 0 Å². The quantitative estimate of drug-likeness (QED) is 0.794. The minimum atomic E-state index is -0.942. The van der Waals surface area contributed by atoms with Crippen molar-refractivity contribution in [1.29, 1.82) is 0 Å². The topological polar surface area (TPSA) is 84.9 Å². The lowest BCUT2D eigenvalue weighted by Gasteiger charge is -2.36. The van der Waals surface area contributed by atoms with Gasteiger partial charge in [0.25, 0.3) is 5.91 Å². The number of carboxylic acids is 1. The Morgan fingerprint density at radius 2 is 1.79 bits per heavy atom. The summed E-state index contributed by atoms with van der Waals surface area (Å²) in [6.45, 7) is 1.44. The van der Waals surface area contributed by atoms with Crippen LogP contribution in [-0.4, -0.2) is 42.3 Å². The van der Waals surface area contributed by atoms with Crippen molar-refractivity contribution in [3.05, 3.63) is 35.9 Å². The maximum Gasteiger partial charge on any atom is 0.311 e. The monoisotopic (exact) mass is 333 g/mol. The molecule has 0 radical (unpaired) electrons. The summed E-state index contributed by atoms with van der Waals surface area (Å²) >= 11 is 0. The molecule has 6 heteroatoms. The number of carbonyl (C=O) groups is 2. The van der Waals surface area contributed by atoms with Crippen LogP contribution < -0.4 is 5.32 Å². The Bertz CT molecular complexity index is 591. The van der Waals surface area contributed by atoms with Gasteiger partial charge in [-0.25, -0.2) is 0 Å². The number of nitrogens with one attached hydrogen (secondary N) is 1. The van der Waals surface area contributed by atoms with Crippen LogP contribution in [0.1, 0.15) is 31.2 Å². The van der Waals surface area contributed by atoms with E-state index in [2.05, 4.69) is 5.32 Å². The number of hydrogen-bond donors (Lipinski definition) is 2. The highest BCUT2D eigenvalue weighted by molar-refractivity contribution is 5.86. The predicted octanol–water partition coefficient (Wildman–Crippen LogP) is 1.73. The minimum absolute atomic E-state index is 0.165. The third-order valence-electron chi connectivity index (χ3n) is 4.97. The van der Waals surface area contributed by atoms with E-state index in [1.807, 2.05) is 30.3 Å². The molecule has 130 valence electrons. The first-order valence-electron chi connectivity index (χ1n) is 8.34. The van der Waals surface area contributed by atoms with Crippen LogP contribution in [0.15, 0.2) is 30.3 Å². The average Bonchev–Trinajstić information content (AvgIpc) is 3.41. The molecule has 0 spiro atoms. The van der Waals surface area contributed by atoms with Gasteiger partial charge in [0.05, 0.1) is 12.0 Å². The van der Waals surface area contributed by atoms with E-state index in [0.29, 0.717) is 45.5 Å². The van der Waals surface area contributed by atoms with E-state index in [1.165, 1.54) is 0 Å². The van der Waals surface area contributed by atoms with Crippen LogP contribution in [-0.2, 0) is 25.7 Å². The number of hydrogen-bond acceptors (Lipinski definition) is 4. The van der Waals surface area contributed by atoms with E-state index in [9.17, 15) is 14.7 Å². The molecule has 1 heterocycles. The second-order valence-corrected chi connectivity index (χ2v) is 6.65. The predicted molar refractivity (Wildman–Crippen MR) is 86.3 cm³/mol. The molecule has 1 aliphatic heterocycles. The second-order valence-electron chi connectivity index (χ2n) is 6.65. The molecule has 0 atom stereocenters. The zero-order valence-corrected chi connectivity index (χ0v) is 13.6. The van der Waals surface area contributed by atoms with Crippen LogP contribution in [0.2, 0.25) is 0 Å². The van der Waals surface area contributed by atoms with Crippen molar-refractivity contribution < 1.29 is 24.2 Å². The van der Waals surface area contributed by atoms with Gasteiger partial charge in [-0.1, -0.05) is 30.3 Å². The molecule has 1 aromatic rings. The maximum atomic E-state index is 12.8. The summed E-state index contributed by atoms with van der Waals surface area (Å²) in [6, 6.07) is 9.70. The SMILES string of the molecule is O=C(O)C1(CNC(=O)C2(OCc3ccccc3)CCOCC2)CC1. The highest BCUT2D eigenvalue weighted by atomic mass is 16.5. The van der Waals surface area contributed by atoms with E-state index in [0.717, 1.165) is 5.56 Å². The van der Waals surface area contributed by atoms with E-state index < -0.39 is 17.0 Å². The fraction of sp³-hybridized carbons (Fsp3) is 0.556. The first kappa shape index (κ1) is 16.9. The number of amides is 1. The number of aliphatic carboxylic acids is 1. The van der Waals surface area contributed by atoms with Gasteiger partial charge in [0.2, 0.25) is 0 Å². The highest BCUT2D eigenvalue weighted by Gasteiger charge is 2.51. The summed E-state index contributed by atoms with van der Waals surface area (Å²) in [4.78, 5) is 24.0. The van der Waals surface area contributed by atoms with Crippen molar-refractivity contribution >= 4 is 11.9 Å². The van der Waals surface area contributed by atoms with Crippen molar-refractivity contribution in [2.24, 2.45) is 5.41 Å². The zero-order chi connectivity index (χ0) is 17.0. The molecule has 0 bridgehead atoms. The Kier molecular flexibility index (Phi) is 4.87. The number of carboxylic acid groups (broad SMARTS) is 1. The summed E-state index contributed by atoms with van der Waals surface area (Å²) in [5, 5.41) is 12.1. The van der Waals surface area contributed by atoms with Gasteiger partial charge in [0.1, 0.15) is 0 Å². The lowest BCUT2D eigenvalue weighted by Crippen LogP contribution is -2.53. The third kappa shape index (κ3) is 3.60. The molecule has 24 heavy (non-hydrogen) atoms. The maximum absolute atomic E-state index is 12.8. The van der Waals surface area contributed by atoms with Gasteiger partial charge in [-0.2, -0.15) is 0 Å². The van der Waals surface area contributed by atoms with Gasteiger partial charge >= 0.3 is 5.97 Å². The van der Waals surface area contributed by atoms with Crippen molar-refractivity contribution in [2.75, 3.05) is 19.8 Å². The Morgan fingerprint density at radius 3 is 2.38 bits per heavy atom. The molecule has 6 nitrogen and oxygen atoms in total. The lowest BCUT2D eigenvalue weighted by molar-refractivity contribution is -0.164. The third-order valence-corrected chi connectivity index (χ3v) is 4.97. The number of benzene rings is 1. The Hall–Kier alpha value is -1.92. The summed E-state index contributed by atoms with van der Waals surface area (Å²) in [5.41, 5.74) is -0.718. The fourth-order valence-electron chi connectivity index (χ4n) is 2.96. The van der Waals surface area contributed by atoms with Gasteiger partial charge in [0, 0.05) is 32.6 Å². The summed E-state index contributed by atoms with van der Waals surface area (Å²) < 4.78 is 11.4. The van der Waals surface area contributed by atoms with E-state index in [-0.39, 0.29) is 12.5 Å².